The van der Waals surface area contributed by atoms with Gasteiger partial charge in [-0.05, 0) is 31.0 Å². The first-order valence-corrected chi connectivity index (χ1v) is 8.64. The molecule has 0 aliphatic carbocycles. The number of nitrogens with one attached hydrogen (secondary N) is 1. The van der Waals surface area contributed by atoms with E-state index in [0.717, 1.165) is 12.8 Å². The molecule has 9 nitrogen and oxygen atoms in total. The maximum atomic E-state index is 12.9. The summed E-state index contributed by atoms with van der Waals surface area (Å²) in [4.78, 5) is 38.1. The molecule has 0 unspecified atom stereocenters. The molecule has 0 bridgehead atoms. The number of likely N-dealkylation sites (tertiary alicyclic amines) is 1. The van der Waals surface area contributed by atoms with Crippen molar-refractivity contribution >= 4 is 23.5 Å². The molecule has 0 saturated carbocycles. The predicted octanol–water partition coefficient (Wildman–Crippen LogP) is 2.48. The number of anilines is 1. The van der Waals surface area contributed by atoms with Gasteiger partial charge in [-0.2, -0.15) is 0 Å². The van der Waals surface area contributed by atoms with E-state index in [1.54, 1.807) is 4.90 Å². The zero-order valence-corrected chi connectivity index (χ0v) is 15.5. The average molecular weight is 388 g/mol. The van der Waals surface area contributed by atoms with Crippen LogP contribution in [0, 0.1) is 0 Å². The number of hydrogen-bond donors (Lipinski definition) is 2. The zero-order valence-electron chi connectivity index (χ0n) is 15.5. The number of nitrogens with zero attached hydrogens (tertiary/aromatic N) is 1. The van der Waals surface area contributed by atoms with Crippen LogP contribution in [0.3, 0.4) is 0 Å². The molecule has 3 rings (SSSR count). The summed E-state index contributed by atoms with van der Waals surface area (Å²) >= 11 is 0. The van der Waals surface area contributed by atoms with Crippen LogP contribution in [0.15, 0.2) is 28.7 Å². The number of benzene rings is 1. The molecule has 0 spiro atoms. The summed E-state index contributed by atoms with van der Waals surface area (Å²) in [6.07, 6.45) is 1.84. The quantitative estimate of drug-likeness (QED) is 0.780. The molecule has 9 heteroatoms. The van der Waals surface area contributed by atoms with Gasteiger partial charge in [0.15, 0.2) is 17.3 Å². The lowest BCUT2D eigenvalue weighted by atomic mass is 10.1. The van der Waals surface area contributed by atoms with E-state index in [4.69, 9.17) is 19.0 Å². The highest BCUT2D eigenvalue weighted by molar-refractivity contribution is 6.08. The zero-order chi connectivity index (χ0) is 20.3. The van der Waals surface area contributed by atoms with Gasteiger partial charge in [0.2, 0.25) is 5.76 Å². The van der Waals surface area contributed by atoms with Crippen LogP contribution in [0.5, 0.6) is 11.5 Å². The number of aromatic carboxylic acids is 1. The molecule has 1 aromatic carbocycles. The molecule has 2 aromatic rings. The highest BCUT2D eigenvalue weighted by atomic mass is 16.5. The van der Waals surface area contributed by atoms with Crippen molar-refractivity contribution in [2.75, 3.05) is 32.6 Å². The van der Waals surface area contributed by atoms with Gasteiger partial charge in [-0.15, -0.1) is 0 Å². The van der Waals surface area contributed by atoms with Gasteiger partial charge >= 0.3 is 5.97 Å². The van der Waals surface area contributed by atoms with E-state index in [-0.39, 0.29) is 28.7 Å². The molecular weight excluding hydrogens is 368 g/mol. The highest BCUT2D eigenvalue weighted by Crippen LogP contribution is 2.34. The minimum atomic E-state index is -1.28. The molecule has 1 saturated heterocycles. The highest BCUT2D eigenvalue weighted by Gasteiger charge is 2.26. The van der Waals surface area contributed by atoms with Crippen LogP contribution in [0.4, 0.5) is 5.69 Å². The standard InChI is InChI=1S/C19H20N2O7/c1-26-15-9-11(18(23)21-7-3-4-8-21)12(10-16(15)27-2)20-17(22)13-5-6-14(28-13)19(24)25/h5-6,9-10H,3-4,7-8H2,1-2H3,(H,20,22)(H,24,25). The largest absolute Gasteiger partial charge is 0.493 e. The Morgan fingerprint density at radius 3 is 2.21 bits per heavy atom. The van der Waals surface area contributed by atoms with Crippen molar-refractivity contribution in [2.24, 2.45) is 0 Å². The molecule has 1 aliphatic heterocycles. The number of amides is 2. The molecule has 1 aliphatic rings. The Morgan fingerprint density at radius 2 is 1.64 bits per heavy atom. The molecule has 1 fully saturated rings. The van der Waals surface area contributed by atoms with Crippen molar-refractivity contribution in [3.05, 3.63) is 41.3 Å². The van der Waals surface area contributed by atoms with E-state index >= 15 is 0 Å². The van der Waals surface area contributed by atoms with Crippen molar-refractivity contribution in [2.45, 2.75) is 12.8 Å². The van der Waals surface area contributed by atoms with Crippen LogP contribution < -0.4 is 14.8 Å². The maximum Gasteiger partial charge on any atom is 0.371 e. The molecule has 2 heterocycles. The average Bonchev–Trinajstić information content (AvgIpc) is 3.38. The van der Waals surface area contributed by atoms with Gasteiger partial charge in [0.25, 0.3) is 11.8 Å². The van der Waals surface area contributed by atoms with Gasteiger partial charge in [0.05, 0.1) is 25.5 Å². The Morgan fingerprint density at radius 1 is 1.04 bits per heavy atom. The normalized spacial score (nSPS) is 13.3. The number of furan rings is 1. The van der Waals surface area contributed by atoms with E-state index < -0.39 is 11.9 Å². The van der Waals surface area contributed by atoms with Gasteiger partial charge in [-0.3, -0.25) is 9.59 Å². The van der Waals surface area contributed by atoms with E-state index in [9.17, 15) is 14.4 Å². The first kappa shape index (κ1) is 19.3. The minimum Gasteiger partial charge on any atom is -0.493 e. The van der Waals surface area contributed by atoms with Gasteiger partial charge < -0.3 is 29.2 Å². The third-order valence-corrected chi connectivity index (χ3v) is 4.44. The fourth-order valence-electron chi connectivity index (χ4n) is 3.01. The number of carbonyl (C=O) groups excluding carboxylic acids is 2. The summed E-state index contributed by atoms with van der Waals surface area (Å²) in [5.74, 6) is -2.06. The van der Waals surface area contributed by atoms with Crippen LogP contribution in [0.2, 0.25) is 0 Å². The Balaban J connectivity index is 1.95. The number of methoxy groups -OCH3 is 2. The second kappa shape index (κ2) is 8.03. The molecule has 2 N–H and O–H groups in total. The molecule has 1 aromatic heterocycles. The van der Waals surface area contributed by atoms with Gasteiger partial charge in [-0.25, -0.2) is 4.79 Å². The molecule has 148 valence electrons. The Bertz CT molecular complexity index is 913. The van der Waals surface area contributed by atoms with Crippen LogP contribution in [0.1, 0.15) is 44.3 Å². The molecular formula is C19H20N2O7. The fraction of sp³-hybridized carbons (Fsp3) is 0.316. The lowest BCUT2D eigenvalue weighted by Crippen LogP contribution is -2.29. The van der Waals surface area contributed by atoms with Gasteiger partial charge in [-0.1, -0.05) is 0 Å². The number of hydrogen-bond acceptors (Lipinski definition) is 6. The summed E-state index contributed by atoms with van der Waals surface area (Å²) in [5, 5.41) is 11.5. The van der Waals surface area contributed by atoms with Crippen LogP contribution in [-0.2, 0) is 0 Å². The molecule has 2 amide bonds. The van der Waals surface area contributed by atoms with Gasteiger partial charge in [0.1, 0.15) is 0 Å². The fourth-order valence-corrected chi connectivity index (χ4v) is 3.01. The number of ether oxygens (including phenoxy) is 2. The summed E-state index contributed by atoms with van der Waals surface area (Å²) < 4.78 is 15.5. The first-order valence-electron chi connectivity index (χ1n) is 8.64. The number of rotatable bonds is 6. The van der Waals surface area contributed by atoms with Crippen molar-refractivity contribution in [3.8, 4) is 11.5 Å². The van der Waals surface area contributed by atoms with E-state index in [0.29, 0.717) is 24.6 Å². The van der Waals surface area contributed by atoms with Crippen LogP contribution >= 0.6 is 0 Å². The maximum absolute atomic E-state index is 12.9. The van der Waals surface area contributed by atoms with E-state index in [1.807, 2.05) is 0 Å². The SMILES string of the molecule is COc1cc(NC(=O)c2ccc(C(=O)O)o2)c(C(=O)N2CCCC2)cc1OC. The smallest absolute Gasteiger partial charge is 0.371 e. The minimum absolute atomic E-state index is 0.188. The Labute approximate surface area is 160 Å². The first-order chi connectivity index (χ1) is 13.4. The topological polar surface area (TPSA) is 118 Å². The van der Waals surface area contributed by atoms with Gasteiger partial charge in [0, 0.05) is 19.2 Å². The summed E-state index contributed by atoms with van der Waals surface area (Å²) in [5.41, 5.74) is 0.464. The summed E-state index contributed by atoms with van der Waals surface area (Å²) in [6.45, 7) is 1.28. The second-order valence-corrected chi connectivity index (χ2v) is 6.18. The Hall–Kier alpha value is -3.49. The lowest BCUT2D eigenvalue weighted by molar-refractivity contribution is 0.0660. The van der Waals surface area contributed by atoms with Crippen molar-refractivity contribution < 1.29 is 33.4 Å². The van der Waals surface area contributed by atoms with E-state index in [1.165, 1.54) is 38.5 Å². The monoisotopic (exact) mass is 388 g/mol. The summed E-state index contributed by atoms with van der Waals surface area (Å²) in [6, 6.07) is 5.44. The summed E-state index contributed by atoms with van der Waals surface area (Å²) in [7, 11) is 2.90. The second-order valence-electron chi connectivity index (χ2n) is 6.18. The number of carbonyl (C=O) groups is 3. The van der Waals surface area contributed by atoms with Crippen molar-refractivity contribution in [3.63, 3.8) is 0 Å². The lowest BCUT2D eigenvalue weighted by Gasteiger charge is -2.19. The van der Waals surface area contributed by atoms with E-state index in [2.05, 4.69) is 5.32 Å². The van der Waals surface area contributed by atoms with Crippen molar-refractivity contribution in [1.29, 1.82) is 0 Å². The predicted molar refractivity (Wildman–Crippen MR) is 98.3 cm³/mol. The Kier molecular flexibility index (Phi) is 5.53. The molecule has 0 atom stereocenters. The number of carboxylic acids is 1. The third-order valence-electron chi connectivity index (χ3n) is 4.44. The number of carboxylic acid groups (broad SMARTS) is 1. The van der Waals surface area contributed by atoms with Crippen LogP contribution in [-0.4, -0.2) is 55.1 Å². The van der Waals surface area contributed by atoms with Crippen molar-refractivity contribution in [1.82, 2.24) is 4.90 Å². The third kappa shape index (κ3) is 3.78. The molecule has 0 radical (unpaired) electrons. The van der Waals surface area contributed by atoms with Crippen LogP contribution in [0.25, 0.3) is 0 Å². The molecule has 28 heavy (non-hydrogen) atoms.